The molecule has 0 fully saturated rings. The van der Waals surface area contributed by atoms with Crippen molar-refractivity contribution in [3.63, 3.8) is 0 Å². The number of hydrogen-bond donors (Lipinski definition) is 1. The summed E-state index contributed by atoms with van der Waals surface area (Å²) in [4.78, 5) is 24.5. The van der Waals surface area contributed by atoms with Crippen LogP contribution < -0.4 is 0 Å². The van der Waals surface area contributed by atoms with Crippen LogP contribution in [0.2, 0.25) is 0 Å². The van der Waals surface area contributed by atoms with Crippen LogP contribution in [0.25, 0.3) is 0 Å². The second-order valence-corrected chi connectivity index (χ2v) is 17.5. The van der Waals surface area contributed by atoms with E-state index >= 15 is 0 Å². The molecule has 0 radical (unpaired) electrons. The summed E-state index contributed by atoms with van der Waals surface area (Å²) in [5.74, 6) is -0.640. The molecular formula is C65H100O5. The molecule has 0 aliphatic rings. The molecule has 0 aliphatic carbocycles. The van der Waals surface area contributed by atoms with Gasteiger partial charge in [0.25, 0.3) is 0 Å². The van der Waals surface area contributed by atoms with Gasteiger partial charge in [-0.2, -0.15) is 0 Å². The normalized spacial score (nSPS) is 13.6. The number of hydrogen-bond acceptors (Lipinski definition) is 5. The lowest BCUT2D eigenvalue weighted by Gasteiger charge is -2.15. The van der Waals surface area contributed by atoms with E-state index in [1.165, 1.54) is 25.7 Å². The topological polar surface area (TPSA) is 72.8 Å². The number of rotatable bonds is 48. The first-order chi connectivity index (χ1) is 34.6. The molecule has 1 atom stereocenters. The van der Waals surface area contributed by atoms with Crippen LogP contribution in [-0.2, 0) is 19.1 Å². The highest BCUT2D eigenvalue weighted by molar-refractivity contribution is 5.70. The highest BCUT2D eigenvalue weighted by Gasteiger charge is 2.16. The zero-order chi connectivity index (χ0) is 50.6. The minimum Gasteiger partial charge on any atom is -0.462 e. The average molecular weight is 962 g/mol. The summed E-state index contributed by atoms with van der Waals surface area (Å²) in [6, 6.07) is 0. The Hall–Kier alpha value is -4.74. The molecule has 1 unspecified atom stereocenters. The molecule has 0 aliphatic heterocycles. The predicted octanol–water partition coefficient (Wildman–Crippen LogP) is 19.0. The van der Waals surface area contributed by atoms with E-state index in [4.69, 9.17) is 9.47 Å². The number of ether oxygens (including phenoxy) is 2. The van der Waals surface area contributed by atoms with E-state index in [2.05, 4.69) is 184 Å². The van der Waals surface area contributed by atoms with Crippen LogP contribution in [0.5, 0.6) is 0 Å². The molecule has 0 heterocycles. The van der Waals surface area contributed by atoms with Gasteiger partial charge in [0.15, 0.2) is 6.10 Å². The Labute approximate surface area is 430 Å². The highest BCUT2D eigenvalue weighted by atomic mass is 16.6. The van der Waals surface area contributed by atoms with Crippen molar-refractivity contribution in [3.8, 4) is 0 Å². The summed E-state index contributed by atoms with van der Waals surface area (Å²) in [5, 5.41) is 9.65. The number of unbranched alkanes of at least 4 members (excludes halogenated alkanes) is 12. The monoisotopic (exact) mass is 961 g/mol. The molecule has 0 spiro atoms. The lowest BCUT2D eigenvalue weighted by Crippen LogP contribution is -2.28. The van der Waals surface area contributed by atoms with Gasteiger partial charge < -0.3 is 14.6 Å². The molecule has 0 saturated heterocycles. The van der Waals surface area contributed by atoms with Crippen LogP contribution in [0.4, 0.5) is 0 Å². The van der Waals surface area contributed by atoms with Crippen molar-refractivity contribution in [2.75, 3.05) is 13.2 Å². The van der Waals surface area contributed by atoms with E-state index in [-0.39, 0.29) is 25.2 Å². The second-order valence-electron chi connectivity index (χ2n) is 17.5. The number of carbonyl (C=O) groups excluding carboxylic acids is 2. The largest absolute Gasteiger partial charge is 0.462 e. The fourth-order valence-electron chi connectivity index (χ4n) is 6.93. The summed E-state index contributed by atoms with van der Waals surface area (Å²) < 4.78 is 10.7. The second kappa shape index (κ2) is 58.6. The van der Waals surface area contributed by atoms with Crippen LogP contribution in [0, 0.1) is 0 Å². The molecule has 0 bridgehead atoms. The molecule has 0 amide bonds. The number of esters is 2. The van der Waals surface area contributed by atoms with Gasteiger partial charge in [-0.3, -0.25) is 9.59 Å². The molecule has 0 aromatic heterocycles. The summed E-state index contributed by atoms with van der Waals surface area (Å²) in [5.41, 5.74) is 0. The standard InChI is InChI=1S/C65H100O5/c1-3-5-7-9-11-13-15-17-19-21-23-25-27-28-29-30-31-32-33-34-35-36-38-40-42-44-46-48-50-52-54-56-58-60-65(68)70-63(61-66)62-69-64(67)59-57-55-53-51-49-47-45-43-41-39-37-26-24-22-20-18-16-14-12-10-8-6-4-2/h5-8,11-14,17-20,23-26,28-29,31-32,34-35,38-41,44,46,63,66H,3-4,9-10,15-16,21-22,27,30,33,36-37,42-43,45,47-62H2,1-2H3/b7-5-,8-6-,13-11-,14-12-,19-17-,20-18-,25-23-,26-24-,29-28-,32-31-,35-34-,40-38-,41-39-,46-44-. The molecule has 0 aromatic carbocycles. The molecule has 0 saturated carbocycles. The van der Waals surface area contributed by atoms with Crippen molar-refractivity contribution in [2.45, 2.75) is 213 Å². The fraction of sp³-hybridized carbons (Fsp3) is 0.538. The van der Waals surface area contributed by atoms with Gasteiger partial charge in [0.05, 0.1) is 6.61 Å². The highest BCUT2D eigenvalue weighted by Crippen LogP contribution is 2.12. The zero-order valence-electron chi connectivity index (χ0n) is 44.5. The maximum atomic E-state index is 12.3. The van der Waals surface area contributed by atoms with Crippen LogP contribution in [0.15, 0.2) is 170 Å². The molecule has 70 heavy (non-hydrogen) atoms. The maximum Gasteiger partial charge on any atom is 0.306 e. The summed E-state index contributed by atoms with van der Waals surface area (Å²) in [7, 11) is 0. The van der Waals surface area contributed by atoms with E-state index in [0.29, 0.717) is 12.8 Å². The van der Waals surface area contributed by atoms with Crippen molar-refractivity contribution in [2.24, 2.45) is 0 Å². The summed E-state index contributed by atoms with van der Waals surface area (Å²) in [6.07, 6.45) is 91.6. The number of aliphatic hydroxyl groups excluding tert-OH is 1. The van der Waals surface area contributed by atoms with Gasteiger partial charge in [0.2, 0.25) is 0 Å². The molecule has 390 valence electrons. The van der Waals surface area contributed by atoms with E-state index in [1.54, 1.807) is 0 Å². The van der Waals surface area contributed by atoms with Crippen molar-refractivity contribution in [1.82, 2.24) is 0 Å². The van der Waals surface area contributed by atoms with Gasteiger partial charge in [-0.1, -0.05) is 235 Å². The molecule has 1 N–H and O–H groups in total. The molecule has 5 heteroatoms. The van der Waals surface area contributed by atoms with Gasteiger partial charge in [-0.25, -0.2) is 0 Å². The molecule has 0 rings (SSSR count). The van der Waals surface area contributed by atoms with Crippen LogP contribution >= 0.6 is 0 Å². The quantitative estimate of drug-likeness (QED) is 0.0374. The van der Waals surface area contributed by atoms with E-state index in [1.807, 2.05) is 0 Å². The first kappa shape index (κ1) is 65.3. The lowest BCUT2D eigenvalue weighted by atomic mass is 10.1. The molecule has 0 aromatic rings. The Balaban J connectivity index is 3.67. The maximum absolute atomic E-state index is 12.3. The Kier molecular flexibility index (Phi) is 54.6. The van der Waals surface area contributed by atoms with Gasteiger partial charge in [-0.15, -0.1) is 0 Å². The van der Waals surface area contributed by atoms with Gasteiger partial charge >= 0.3 is 11.9 Å². The van der Waals surface area contributed by atoms with Gasteiger partial charge in [0, 0.05) is 12.8 Å². The van der Waals surface area contributed by atoms with E-state index in [0.717, 1.165) is 154 Å². The van der Waals surface area contributed by atoms with Crippen molar-refractivity contribution >= 4 is 11.9 Å². The Morgan fingerprint density at radius 3 is 0.857 bits per heavy atom. The smallest absolute Gasteiger partial charge is 0.306 e. The zero-order valence-corrected chi connectivity index (χ0v) is 44.5. The van der Waals surface area contributed by atoms with Gasteiger partial charge in [-0.05, 0) is 128 Å². The predicted molar refractivity (Wildman–Crippen MR) is 306 cm³/mol. The fourth-order valence-corrected chi connectivity index (χ4v) is 6.93. The van der Waals surface area contributed by atoms with Crippen molar-refractivity contribution < 1.29 is 24.2 Å². The van der Waals surface area contributed by atoms with Crippen molar-refractivity contribution in [1.29, 1.82) is 0 Å². The van der Waals surface area contributed by atoms with Crippen molar-refractivity contribution in [3.05, 3.63) is 170 Å². The molecular weight excluding hydrogens is 861 g/mol. The van der Waals surface area contributed by atoms with E-state index in [9.17, 15) is 14.7 Å². The SMILES string of the molecule is CC/C=C\C/C=C\C/C=C\C/C=C\C/C=C\C/C=C\C/C=C\C/C=C\C/C=C\CCCCCCCC(=O)OC(CO)COC(=O)CCCCCCCCC/C=C\C/C=C\C/C=C\C/C=C\C/C=C\CC. The lowest BCUT2D eigenvalue weighted by molar-refractivity contribution is -0.161. The number of allylic oxidation sites excluding steroid dienone is 28. The number of aliphatic hydroxyl groups is 1. The molecule has 5 nitrogen and oxygen atoms in total. The Bertz CT molecular complexity index is 1600. The van der Waals surface area contributed by atoms with E-state index < -0.39 is 6.10 Å². The third-order valence-electron chi connectivity index (χ3n) is 11.0. The first-order valence-corrected chi connectivity index (χ1v) is 27.7. The third-order valence-corrected chi connectivity index (χ3v) is 11.0. The van der Waals surface area contributed by atoms with Crippen LogP contribution in [-0.4, -0.2) is 36.4 Å². The third kappa shape index (κ3) is 55.9. The summed E-state index contributed by atoms with van der Waals surface area (Å²) in [6.45, 7) is 3.87. The Morgan fingerprint density at radius 1 is 0.329 bits per heavy atom. The minimum absolute atomic E-state index is 0.0922. The van der Waals surface area contributed by atoms with Gasteiger partial charge in [0.1, 0.15) is 6.61 Å². The van der Waals surface area contributed by atoms with Crippen LogP contribution in [0.1, 0.15) is 206 Å². The average Bonchev–Trinajstić information content (AvgIpc) is 3.36. The first-order valence-electron chi connectivity index (χ1n) is 27.7. The summed E-state index contributed by atoms with van der Waals surface area (Å²) >= 11 is 0. The van der Waals surface area contributed by atoms with Crippen LogP contribution in [0.3, 0.4) is 0 Å². The number of carbonyl (C=O) groups is 2. The Morgan fingerprint density at radius 2 is 0.571 bits per heavy atom. The minimum atomic E-state index is -0.803.